The third-order valence-corrected chi connectivity index (χ3v) is 4.47. The van der Waals surface area contributed by atoms with Crippen molar-refractivity contribution in [2.75, 3.05) is 18.0 Å². The van der Waals surface area contributed by atoms with Gasteiger partial charge in [0.1, 0.15) is 0 Å². The second kappa shape index (κ2) is 4.88. The van der Waals surface area contributed by atoms with Crippen LogP contribution in [0.1, 0.15) is 44.7 Å². The van der Waals surface area contributed by atoms with Crippen molar-refractivity contribution in [2.24, 2.45) is 0 Å². The lowest BCUT2D eigenvalue weighted by Gasteiger charge is -2.23. The number of carbonyl (C=O) groups is 1. The third-order valence-electron chi connectivity index (χ3n) is 4.47. The molecule has 1 aromatic carbocycles. The fourth-order valence-electron chi connectivity index (χ4n) is 3.18. The Hall–Kier alpha value is -1.35. The van der Waals surface area contributed by atoms with Crippen molar-refractivity contribution >= 4 is 11.6 Å². The van der Waals surface area contributed by atoms with Gasteiger partial charge in [-0.1, -0.05) is 32.9 Å². The Balaban J connectivity index is 1.85. The maximum Gasteiger partial charge on any atom is 0.244 e. The molecule has 0 radical (unpaired) electrons. The number of hydrogen-bond acceptors (Lipinski definition) is 2. The molecule has 108 valence electrons. The van der Waals surface area contributed by atoms with Gasteiger partial charge in [0.15, 0.2) is 0 Å². The minimum atomic E-state index is 0.0308. The first-order valence-corrected chi connectivity index (χ1v) is 7.65. The van der Waals surface area contributed by atoms with Crippen LogP contribution >= 0.6 is 0 Å². The van der Waals surface area contributed by atoms with E-state index in [-0.39, 0.29) is 17.4 Å². The summed E-state index contributed by atoms with van der Waals surface area (Å²) in [6.45, 7) is 8.50. The standard InChI is InChI=1S/C17H24N2O/c1-17(2,3)13-6-7-15-12(11-13)8-10-19(15)16(20)14-5-4-9-18-14/h6-7,11,14,18H,4-5,8-10H2,1-3H3. The summed E-state index contributed by atoms with van der Waals surface area (Å²) in [7, 11) is 0. The van der Waals surface area contributed by atoms with Crippen molar-refractivity contribution in [2.45, 2.75) is 51.5 Å². The Labute approximate surface area is 121 Å². The van der Waals surface area contributed by atoms with Gasteiger partial charge in [0.05, 0.1) is 6.04 Å². The molecule has 0 spiro atoms. The molecule has 3 heteroatoms. The molecular weight excluding hydrogens is 248 g/mol. The first-order chi connectivity index (χ1) is 9.47. The van der Waals surface area contributed by atoms with E-state index >= 15 is 0 Å². The number of amides is 1. The zero-order valence-corrected chi connectivity index (χ0v) is 12.7. The lowest BCUT2D eigenvalue weighted by Crippen LogP contribution is -2.42. The molecule has 2 aliphatic heterocycles. The SMILES string of the molecule is CC(C)(C)c1ccc2c(c1)CCN2C(=O)C1CCCN1. The summed E-state index contributed by atoms with van der Waals surface area (Å²) in [4.78, 5) is 14.5. The van der Waals surface area contributed by atoms with Crippen LogP contribution in [0.5, 0.6) is 0 Å². The Bertz CT molecular complexity index is 524. The number of rotatable bonds is 1. The predicted octanol–water partition coefficient (Wildman–Crippen LogP) is 2.63. The lowest BCUT2D eigenvalue weighted by molar-refractivity contribution is -0.120. The van der Waals surface area contributed by atoms with Crippen LogP contribution in [0.25, 0.3) is 0 Å². The molecule has 0 bridgehead atoms. The topological polar surface area (TPSA) is 32.3 Å². The monoisotopic (exact) mass is 272 g/mol. The minimum absolute atomic E-state index is 0.0308. The van der Waals surface area contributed by atoms with E-state index in [0.717, 1.165) is 38.0 Å². The quantitative estimate of drug-likeness (QED) is 0.852. The van der Waals surface area contributed by atoms with Gasteiger partial charge in [-0.15, -0.1) is 0 Å². The second-order valence-electron chi connectivity index (χ2n) is 6.98. The zero-order chi connectivity index (χ0) is 14.3. The first kappa shape index (κ1) is 13.6. The number of fused-ring (bicyclic) bond motifs is 1. The summed E-state index contributed by atoms with van der Waals surface area (Å²) in [5.41, 5.74) is 3.96. The third kappa shape index (κ3) is 2.35. The Morgan fingerprint density at radius 2 is 2.15 bits per heavy atom. The van der Waals surface area contributed by atoms with E-state index in [1.165, 1.54) is 11.1 Å². The molecule has 3 nitrogen and oxygen atoms in total. The maximum atomic E-state index is 12.6. The van der Waals surface area contributed by atoms with Crippen molar-refractivity contribution in [3.8, 4) is 0 Å². The molecule has 1 saturated heterocycles. The molecule has 20 heavy (non-hydrogen) atoms. The summed E-state index contributed by atoms with van der Waals surface area (Å²) >= 11 is 0. The molecule has 1 fully saturated rings. The van der Waals surface area contributed by atoms with Crippen LogP contribution in [0.4, 0.5) is 5.69 Å². The number of carbonyl (C=O) groups excluding carboxylic acids is 1. The summed E-state index contributed by atoms with van der Waals surface area (Å²) in [6, 6.07) is 6.62. The molecule has 0 aromatic heterocycles. The summed E-state index contributed by atoms with van der Waals surface area (Å²) in [5, 5.41) is 3.31. The van der Waals surface area contributed by atoms with Crippen LogP contribution in [-0.2, 0) is 16.6 Å². The predicted molar refractivity (Wildman–Crippen MR) is 82.2 cm³/mol. The average molecular weight is 272 g/mol. The molecular formula is C17H24N2O. The van der Waals surface area contributed by atoms with Gasteiger partial charge in [0.2, 0.25) is 5.91 Å². The molecule has 3 rings (SSSR count). The van der Waals surface area contributed by atoms with Crippen molar-refractivity contribution < 1.29 is 4.79 Å². The van der Waals surface area contributed by atoms with Crippen LogP contribution < -0.4 is 10.2 Å². The maximum absolute atomic E-state index is 12.6. The van der Waals surface area contributed by atoms with E-state index in [0.29, 0.717) is 0 Å². The number of nitrogens with zero attached hydrogens (tertiary/aromatic N) is 1. The van der Waals surface area contributed by atoms with Crippen LogP contribution in [0.2, 0.25) is 0 Å². The molecule has 1 aromatic rings. The molecule has 1 N–H and O–H groups in total. The summed E-state index contributed by atoms with van der Waals surface area (Å²) < 4.78 is 0. The molecule has 0 aliphatic carbocycles. The summed E-state index contributed by atoms with van der Waals surface area (Å²) in [6.07, 6.45) is 3.07. The van der Waals surface area contributed by atoms with E-state index in [1.54, 1.807) is 0 Å². The van der Waals surface area contributed by atoms with Gasteiger partial charge < -0.3 is 10.2 Å². The van der Waals surface area contributed by atoms with E-state index < -0.39 is 0 Å². The van der Waals surface area contributed by atoms with Gasteiger partial charge in [0.25, 0.3) is 0 Å². The van der Waals surface area contributed by atoms with Crippen molar-refractivity contribution in [3.05, 3.63) is 29.3 Å². The van der Waals surface area contributed by atoms with Gasteiger partial charge in [-0.05, 0) is 48.4 Å². The number of anilines is 1. The number of benzene rings is 1. The highest BCUT2D eigenvalue weighted by Gasteiger charge is 2.32. The Morgan fingerprint density at radius 3 is 2.80 bits per heavy atom. The van der Waals surface area contributed by atoms with Crippen LogP contribution in [-0.4, -0.2) is 25.0 Å². The van der Waals surface area contributed by atoms with Gasteiger partial charge in [-0.25, -0.2) is 0 Å². The van der Waals surface area contributed by atoms with Crippen LogP contribution in [0.15, 0.2) is 18.2 Å². The smallest absolute Gasteiger partial charge is 0.244 e. The second-order valence-corrected chi connectivity index (χ2v) is 6.98. The molecule has 1 amide bonds. The first-order valence-electron chi connectivity index (χ1n) is 7.65. The zero-order valence-electron chi connectivity index (χ0n) is 12.7. The summed E-state index contributed by atoms with van der Waals surface area (Å²) in [5.74, 6) is 0.254. The van der Waals surface area contributed by atoms with Gasteiger partial charge in [0, 0.05) is 12.2 Å². The molecule has 1 unspecified atom stereocenters. The minimum Gasteiger partial charge on any atom is -0.310 e. The fourth-order valence-corrected chi connectivity index (χ4v) is 3.18. The average Bonchev–Trinajstić information content (AvgIpc) is 3.06. The van der Waals surface area contributed by atoms with Crippen LogP contribution in [0, 0.1) is 0 Å². The highest BCUT2D eigenvalue weighted by Crippen LogP contribution is 2.33. The van der Waals surface area contributed by atoms with E-state index in [9.17, 15) is 4.79 Å². The van der Waals surface area contributed by atoms with Crippen molar-refractivity contribution in [1.82, 2.24) is 5.32 Å². The van der Waals surface area contributed by atoms with E-state index in [2.05, 4.69) is 44.3 Å². The highest BCUT2D eigenvalue weighted by atomic mass is 16.2. The van der Waals surface area contributed by atoms with E-state index in [4.69, 9.17) is 0 Å². The van der Waals surface area contributed by atoms with Crippen molar-refractivity contribution in [3.63, 3.8) is 0 Å². The number of hydrogen-bond donors (Lipinski definition) is 1. The lowest BCUT2D eigenvalue weighted by atomic mass is 9.86. The Morgan fingerprint density at radius 1 is 1.35 bits per heavy atom. The molecule has 2 aliphatic rings. The highest BCUT2D eigenvalue weighted by molar-refractivity contribution is 5.99. The van der Waals surface area contributed by atoms with Crippen molar-refractivity contribution in [1.29, 1.82) is 0 Å². The molecule has 0 saturated carbocycles. The van der Waals surface area contributed by atoms with Gasteiger partial charge >= 0.3 is 0 Å². The van der Waals surface area contributed by atoms with Gasteiger partial charge in [-0.3, -0.25) is 4.79 Å². The Kier molecular flexibility index (Phi) is 3.33. The van der Waals surface area contributed by atoms with Crippen LogP contribution in [0.3, 0.4) is 0 Å². The van der Waals surface area contributed by atoms with Gasteiger partial charge in [-0.2, -0.15) is 0 Å². The molecule has 1 atom stereocenters. The number of nitrogens with one attached hydrogen (secondary N) is 1. The normalized spacial score (nSPS) is 22.1. The fraction of sp³-hybridized carbons (Fsp3) is 0.588. The van der Waals surface area contributed by atoms with E-state index in [1.807, 2.05) is 4.90 Å². The largest absolute Gasteiger partial charge is 0.310 e. The molecule has 2 heterocycles.